The summed E-state index contributed by atoms with van der Waals surface area (Å²) in [5.41, 5.74) is -0.111. The maximum absolute atomic E-state index is 15.3. The molecule has 224 valence electrons. The second-order valence-electron chi connectivity index (χ2n) is 12.6. The maximum atomic E-state index is 15.3. The summed E-state index contributed by atoms with van der Waals surface area (Å²) in [6.07, 6.45) is 3.40. The summed E-state index contributed by atoms with van der Waals surface area (Å²) in [7, 11) is 3.76. The Morgan fingerprint density at radius 3 is 2.23 bits per heavy atom. The number of rotatable bonds is 8. The minimum atomic E-state index is -0.944. The van der Waals surface area contributed by atoms with E-state index in [1.165, 1.54) is 12.1 Å². The lowest BCUT2D eigenvalue weighted by Gasteiger charge is -2.36. The molecule has 2 aliphatic rings. The summed E-state index contributed by atoms with van der Waals surface area (Å²) < 4.78 is 20.8. The van der Waals surface area contributed by atoms with Gasteiger partial charge in [0.25, 0.3) is 0 Å². The first-order valence-electron chi connectivity index (χ1n) is 14.5. The Morgan fingerprint density at radius 2 is 1.68 bits per heavy atom. The number of carbonyl (C=O) groups is 3. The van der Waals surface area contributed by atoms with Gasteiger partial charge in [-0.2, -0.15) is 0 Å². The van der Waals surface area contributed by atoms with Crippen molar-refractivity contribution in [2.45, 2.75) is 83.9 Å². The third kappa shape index (κ3) is 8.64. The summed E-state index contributed by atoms with van der Waals surface area (Å²) in [5, 5.41) is 8.62. The van der Waals surface area contributed by atoms with E-state index >= 15 is 4.39 Å². The fraction of sp³-hybridized carbons (Fsp3) is 0.700. The van der Waals surface area contributed by atoms with Gasteiger partial charge in [-0.3, -0.25) is 9.59 Å². The van der Waals surface area contributed by atoms with Crippen LogP contribution in [0.3, 0.4) is 0 Å². The summed E-state index contributed by atoms with van der Waals surface area (Å²) in [6, 6.07) is 3.22. The fourth-order valence-corrected chi connectivity index (χ4v) is 5.58. The van der Waals surface area contributed by atoms with E-state index in [0.29, 0.717) is 24.6 Å². The van der Waals surface area contributed by atoms with Crippen molar-refractivity contribution in [3.63, 3.8) is 0 Å². The van der Waals surface area contributed by atoms with Crippen LogP contribution >= 0.6 is 0 Å². The summed E-state index contributed by atoms with van der Waals surface area (Å²) in [5.74, 6) is -0.745. The van der Waals surface area contributed by atoms with Crippen LogP contribution in [-0.4, -0.2) is 85.7 Å². The van der Waals surface area contributed by atoms with Crippen LogP contribution in [0.2, 0.25) is 0 Å². The monoisotopic (exact) mass is 561 g/mol. The summed E-state index contributed by atoms with van der Waals surface area (Å²) >= 11 is 0. The van der Waals surface area contributed by atoms with Crippen LogP contribution in [0.15, 0.2) is 18.2 Å². The quantitative estimate of drug-likeness (QED) is 0.444. The fourth-order valence-electron chi connectivity index (χ4n) is 5.58. The van der Waals surface area contributed by atoms with Crippen molar-refractivity contribution in [1.29, 1.82) is 0 Å². The van der Waals surface area contributed by atoms with Gasteiger partial charge in [0.15, 0.2) is 0 Å². The zero-order valence-corrected chi connectivity index (χ0v) is 25.2. The van der Waals surface area contributed by atoms with E-state index in [1.807, 2.05) is 7.05 Å². The highest BCUT2D eigenvalue weighted by molar-refractivity contribution is 5.95. The van der Waals surface area contributed by atoms with Crippen molar-refractivity contribution in [3.05, 3.63) is 29.6 Å². The van der Waals surface area contributed by atoms with Crippen LogP contribution in [0.5, 0.6) is 0 Å². The first-order valence-corrected chi connectivity index (χ1v) is 14.5. The molecular weight excluding hydrogens is 513 g/mol. The second kappa shape index (κ2) is 13.8. The number of amides is 3. The molecule has 1 aliphatic heterocycles. The summed E-state index contributed by atoms with van der Waals surface area (Å²) in [4.78, 5) is 43.2. The number of hydrogen-bond donors (Lipinski definition) is 3. The van der Waals surface area contributed by atoms with Crippen molar-refractivity contribution in [1.82, 2.24) is 20.4 Å². The van der Waals surface area contributed by atoms with Gasteiger partial charge in [-0.1, -0.05) is 32.8 Å². The third-order valence-corrected chi connectivity index (χ3v) is 8.16. The number of halogens is 1. The highest BCUT2D eigenvalue weighted by atomic mass is 19.1. The molecule has 1 saturated heterocycles. The van der Waals surface area contributed by atoms with Crippen molar-refractivity contribution < 1.29 is 23.5 Å². The standard InChI is InChI=1S/C30H48FN5O4/c1-19-8-10-21(11-9-19)26(32-6)27(37)33-24-13-12-22(18-23(24)31)20(2)25(34-29(39)40-30(3,4)5)28(38)36-16-14-35(7)15-17-36/h12-13,18-21,25-26,32H,8-11,14-17H2,1-7H3,(H,33,37)(H,34,39)/t19?,20-,21?,25+,26-/m0/s1. The van der Waals surface area contributed by atoms with E-state index in [4.69, 9.17) is 4.74 Å². The number of carbonyl (C=O) groups excluding carboxylic acids is 3. The van der Waals surface area contributed by atoms with E-state index in [0.717, 1.165) is 38.8 Å². The molecule has 3 rings (SSSR count). The number of piperazine rings is 1. The molecule has 3 N–H and O–H groups in total. The smallest absolute Gasteiger partial charge is 0.408 e. The Kier molecular flexibility index (Phi) is 10.9. The van der Waals surface area contributed by atoms with Gasteiger partial charge in [0.05, 0.1) is 11.7 Å². The molecule has 1 saturated carbocycles. The van der Waals surface area contributed by atoms with Crippen LogP contribution in [0.25, 0.3) is 0 Å². The van der Waals surface area contributed by atoms with Crippen LogP contribution in [-0.2, 0) is 14.3 Å². The molecule has 1 aromatic carbocycles. The molecule has 0 aromatic heterocycles. The number of likely N-dealkylation sites (N-methyl/N-ethyl adjacent to an activating group) is 2. The van der Waals surface area contributed by atoms with Gasteiger partial charge in [-0.15, -0.1) is 0 Å². The van der Waals surface area contributed by atoms with Gasteiger partial charge in [-0.05, 0) is 77.2 Å². The largest absolute Gasteiger partial charge is 0.444 e. The lowest BCUT2D eigenvalue weighted by Crippen LogP contribution is -2.56. The van der Waals surface area contributed by atoms with Crippen LogP contribution in [0.4, 0.5) is 14.9 Å². The second-order valence-corrected chi connectivity index (χ2v) is 12.6. The number of anilines is 1. The van der Waals surface area contributed by atoms with Crippen LogP contribution < -0.4 is 16.0 Å². The number of hydrogen-bond acceptors (Lipinski definition) is 6. The molecule has 3 atom stereocenters. The molecular formula is C30H48FN5O4. The van der Waals surface area contributed by atoms with E-state index in [2.05, 4.69) is 27.8 Å². The van der Waals surface area contributed by atoms with Gasteiger partial charge >= 0.3 is 6.09 Å². The molecule has 1 aliphatic carbocycles. The average molecular weight is 562 g/mol. The number of ether oxygens (including phenoxy) is 1. The normalized spacial score (nSPS) is 22.6. The Hall–Kier alpha value is -2.72. The van der Waals surface area contributed by atoms with E-state index < -0.39 is 35.5 Å². The van der Waals surface area contributed by atoms with E-state index in [-0.39, 0.29) is 23.4 Å². The molecule has 0 spiro atoms. The first kappa shape index (κ1) is 31.8. The average Bonchev–Trinajstić information content (AvgIpc) is 2.88. The molecule has 1 heterocycles. The Balaban J connectivity index is 1.76. The Bertz CT molecular complexity index is 1030. The van der Waals surface area contributed by atoms with Gasteiger partial charge in [-0.25, -0.2) is 9.18 Å². The highest BCUT2D eigenvalue weighted by Gasteiger charge is 2.35. The lowest BCUT2D eigenvalue weighted by atomic mass is 9.79. The van der Waals surface area contributed by atoms with Crippen molar-refractivity contribution in [2.75, 3.05) is 45.6 Å². The lowest BCUT2D eigenvalue weighted by molar-refractivity contribution is -0.135. The Morgan fingerprint density at radius 1 is 1.05 bits per heavy atom. The molecule has 2 fully saturated rings. The van der Waals surface area contributed by atoms with E-state index in [9.17, 15) is 14.4 Å². The third-order valence-electron chi connectivity index (χ3n) is 8.16. The maximum Gasteiger partial charge on any atom is 0.408 e. The SMILES string of the molecule is CN[C@H](C(=O)Nc1ccc([C@H](C)[C@@H](NC(=O)OC(C)(C)C)C(=O)N2CCN(C)CC2)cc1F)C1CCC(C)CC1. The number of benzene rings is 1. The van der Waals surface area contributed by atoms with Gasteiger partial charge in [0.1, 0.15) is 17.5 Å². The molecule has 10 heteroatoms. The van der Waals surface area contributed by atoms with Crippen molar-refractivity contribution in [3.8, 4) is 0 Å². The van der Waals surface area contributed by atoms with Gasteiger partial charge < -0.3 is 30.5 Å². The predicted octanol–water partition coefficient (Wildman–Crippen LogP) is 3.95. The molecule has 0 bridgehead atoms. The van der Waals surface area contributed by atoms with Crippen LogP contribution in [0.1, 0.15) is 71.8 Å². The summed E-state index contributed by atoms with van der Waals surface area (Å²) in [6.45, 7) is 11.8. The first-order chi connectivity index (χ1) is 18.8. The molecule has 3 amide bonds. The molecule has 9 nitrogen and oxygen atoms in total. The minimum Gasteiger partial charge on any atom is -0.444 e. The van der Waals surface area contributed by atoms with E-state index in [1.54, 1.807) is 45.7 Å². The topological polar surface area (TPSA) is 103 Å². The van der Waals surface area contributed by atoms with Crippen molar-refractivity contribution >= 4 is 23.6 Å². The zero-order chi connectivity index (χ0) is 29.6. The zero-order valence-electron chi connectivity index (χ0n) is 25.2. The number of nitrogens with one attached hydrogen (secondary N) is 3. The highest BCUT2D eigenvalue weighted by Crippen LogP contribution is 2.31. The molecule has 1 aromatic rings. The van der Waals surface area contributed by atoms with Crippen molar-refractivity contribution in [2.24, 2.45) is 11.8 Å². The molecule has 0 radical (unpaired) electrons. The number of nitrogens with zero attached hydrogens (tertiary/aromatic N) is 2. The minimum absolute atomic E-state index is 0.0902. The van der Waals surface area contributed by atoms with Crippen LogP contribution in [0, 0.1) is 17.7 Å². The Labute approximate surface area is 238 Å². The van der Waals surface area contributed by atoms with Gasteiger partial charge in [0, 0.05) is 32.1 Å². The number of alkyl carbamates (subject to hydrolysis) is 1. The van der Waals surface area contributed by atoms with Gasteiger partial charge in [0.2, 0.25) is 11.8 Å². The molecule has 0 unspecified atom stereocenters. The predicted molar refractivity (Wildman–Crippen MR) is 155 cm³/mol. The molecule has 40 heavy (non-hydrogen) atoms.